The summed E-state index contributed by atoms with van der Waals surface area (Å²) in [5, 5.41) is 15.4. The standard InChI is InChI=1S/C37H51Cl3N4O8/c1-8-24(4)32(36(50)52-22-37(38,39)40)42-31(46)20-43(6)35(49)29(44(7)34(48)25(5)41-33(47)30(45)18-23(2)3)19-26-14-16-28(17-15-26)51-21-27-12-10-9-11-13-27/h9-17,23-25,29-30,32,45H,8,18-22H2,1-7H3,(H,41,47)(H,42,46)/t24-,25+,29-,30-,32+/m1/s1. The summed E-state index contributed by atoms with van der Waals surface area (Å²) in [6.45, 7) is 8.14. The summed E-state index contributed by atoms with van der Waals surface area (Å²) in [6, 6.07) is 13.5. The molecule has 0 aromatic heterocycles. The summed E-state index contributed by atoms with van der Waals surface area (Å²) in [6.07, 6.45) is -0.521. The number of nitrogens with zero attached hydrogens (tertiary/aromatic N) is 2. The lowest BCUT2D eigenvalue weighted by molar-refractivity contribution is -0.150. The molecule has 0 unspecified atom stereocenters. The van der Waals surface area contributed by atoms with Crippen LogP contribution in [0.1, 0.15) is 58.6 Å². The van der Waals surface area contributed by atoms with Crippen molar-refractivity contribution in [2.24, 2.45) is 11.8 Å². The van der Waals surface area contributed by atoms with Crippen LogP contribution in [0.2, 0.25) is 0 Å². The van der Waals surface area contributed by atoms with E-state index >= 15 is 0 Å². The van der Waals surface area contributed by atoms with Crippen molar-refractivity contribution >= 4 is 64.4 Å². The zero-order valence-corrected chi connectivity index (χ0v) is 33.0. The molecule has 0 aliphatic heterocycles. The predicted octanol–water partition coefficient (Wildman–Crippen LogP) is 4.45. The first-order chi connectivity index (χ1) is 24.3. The molecule has 2 aromatic rings. The summed E-state index contributed by atoms with van der Waals surface area (Å²) in [7, 11) is 2.84. The van der Waals surface area contributed by atoms with Crippen LogP contribution in [0.3, 0.4) is 0 Å². The number of halogens is 3. The number of esters is 1. The van der Waals surface area contributed by atoms with E-state index in [9.17, 15) is 29.1 Å². The van der Waals surface area contributed by atoms with E-state index in [0.29, 0.717) is 24.3 Å². The van der Waals surface area contributed by atoms with E-state index in [2.05, 4.69) is 10.6 Å². The molecule has 12 nitrogen and oxygen atoms in total. The number of carbonyl (C=O) groups excluding carboxylic acids is 5. The summed E-state index contributed by atoms with van der Waals surface area (Å²) >= 11 is 17.2. The van der Waals surface area contributed by atoms with Crippen molar-refractivity contribution in [1.29, 1.82) is 0 Å². The van der Waals surface area contributed by atoms with Gasteiger partial charge in [-0.1, -0.05) is 111 Å². The van der Waals surface area contributed by atoms with Crippen molar-refractivity contribution in [2.75, 3.05) is 27.2 Å². The summed E-state index contributed by atoms with van der Waals surface area (Å²) in [4.78, 5) is 68.6. The molecule has 0 bridgehead atoms. The highest BCUT2D eigenvalue weighted by Crippen LogP contribution is 2.26. The largest absolute Gasteiger partial charge is 0.489 e. The molecule has 0 aliphatic carbocycles. The molecule has 0 heterocycles. The van der Waals surface area contributed by atoms with Gasteiger partial charge in [-0.2, -0.15) is 0 Å². The highest BCUT2D eigenvalue weighted by atomic mass is 35.6. The van der Waals surface area contributed by atoms with Gasteiger partial charge in [-0.25, -0.2) is 4.79 Å². The van der Waals surface area contributed by atoms with Gasteiger partial charge in [0, 0.05) is 20.5 Å². The van der Waals surface area contributed by atoms with Gasteiger partial charge in [0.25, 0.3) is 0 Å². The van der Waals surface area contributed by atoms with Crippen molar-refractivity contribution in [3.63, 3.8) is 0 Å². The molecule has 4 amide bonds. The lowest BCUT2D eigenvalue weighted by Gasteiger charge is -2.33. The van der Waals surface area contributed by atoms with Gasteiger partial charge in [-0.05, 0) is 48.4 Å². The van der Waals surface area contributed by atoms with E-state index in [1.165, 1.54) is 25.9 Å². The number of carbonyl (C=O) groups is 5. The fourth-order valence-corrected chi connectivity index (χ4v) is 5.30. The average Bonchev–Trinajstić information content (AvgIpc) is 3.09. The predicted molar refractivity (Wildman–Crippen MR) is 201 cm³/mol. The first-order valence-corrected chi connectivity index (χ1v) is 18.2. The van der Waals surface area contributed by atoms with Crippen LogP contribution in [0.5, 0.6) is 5.75 Å². The molecule has 52 heavy (non-hydrogen) atoms. The lowest BCUT2D eigenvalue weighted by Crippen LogP contribution is -2.56. The van der Waals surface area contributed by atoms with E-state index < -0.39 is 70.8 Å². The molecular weight excluding hydrogens is 735 g/mol. The molecule has 0 spiro atoms. The maximum absolute atomic E-state index is 14.0. The van der Waals surface area contributed by atoms with Crippen LogP contribution in [0.4, 0.5) is 0 Å². The Labute approximate surface area is 321 Å². The number of likely N-dealkylation sites (N-methyl/N-ethyl adjacent to an activating group) is 2. The third-order valence-corrected chi connectivity index (χ3v) is 8.67. The summed E-state index contributed by atoms with van der Waals surface area (Å²) in [5.74, 6) is -3.00. The molecule has 2 aromatic carbocycles. The molecule has 15 heteroatoms. The third-order valence-electron chi connectivity index (χ3n) is 8.35. The fourth-order valence-electron chi connectivity index (χ4n) is 5.14. The Kier molecular flexibility index (Phi) is 18.2. The SMILES string of the molecule is CC[C@@H](C)[C@H](NC(=O)CN(C)C(=O)[C@@H](Cc1ccc(OCc2ccccc2)cc1)N(C)C(=O)[C@H](C)NC(=O)[C@H](O)CC(C)C)C(=O)OCC(Cl)(Cl)Cl. The van der Waals surface area contributed by atoms with Crippen LogP contribution in [0, 0.1) is 11.8 Å². The van der Waals surface area contributed by atoms with Crippen LogP contribution in [0.25, 0.3) is 0 Å². The highest BCUT2D eigenvalue weighted by Gasteiger charge is 2.35. The van der Waals surface area contributed by atoms with E-state index in [-0.39, 0.29) is 24.7 Å². The zero-order valence-electron chi connectivity index (χ0n) is 30.7. The maximum Gasteiger partial charge on any atom is 0.329 e. The fraction of sp³-hybridized carbons (Fsp3) is 0.541. The van der Waals surface area contributed by atoms with E-state index in [0.717, 1.165) is 10.5 Å². The number of hydrogen-bond acceptors (Lipinski definition) is 8. The smallest absolute Gasteiger partial charge is 0.329 e. The molecule has 0 aliphatic rings. The zero-order chi connectivity index (χ0) is 39.2. The summed E-state index contributed by atoms with van der Waals surface area (Å²) in [5.41, 5.74) is 1.69. The summed E-state index contributed by atoms with van der Waals surface area (Å²) < 4.78 is 9.16. The second-order valence-corrected chi connectivity index (χ2v) is 15.8. The van der Waals surface area contributed by atoms with Crippen LogP contribution in [0.15, 0.2) is 54.6 Å². The molecule has 0 saturated carbocycles. The van der Waals surface area contributed by atoms with Crippen molar-refractivity contribution in [3.8, 4) is 5.75 Å². The molecule has 2 rings (SSSR count). The molecule has 0 radical (unpaired) electrons. The molecule has 288 valence electrons. The number of nitrogens with one attached hydrogen (secondary N) is 2. The van der Waals surface area contributed by atoms with Gasteiger partial charge in [-0.15, -0.1) is 0 Å². The van der Waals surface area contributed by atoms with Gasteiger partial charge in [0.15, 0.2) is 0 Å². The Morgan fingerprint density at radius 3 is 2.04 bits per heavy atom. The highest BCUT2D eigenvalue weighted by molar-refractivity contribution is 6.67. The molecule has 0 fully saturated rings. The number of benzene rings is 2. The van der Waals surface area contributed by atoms with Crippen LogP contribution >= 0.6 is 34.8 Å². The normalized spacial score (nSPS) is 14.3. The lowest BCUT2D eigenvalue weighted by atomic mass is 9.99. The van der Waals surface area contributed by atoms with Gasteiger partial charge < -0.3 is 35.0 Å². The van der Waals surface area contributed by atoms with E-state index in [1.807, 2.05) is 51.1 Å². The number of rotatable bonds is 19. The van der Waals surface area contributed by atoms with Gasteiger partial charge in [0.1, 0.15) is 43.2 Å². The first-order valence-electron chi connectivity index (χ1n) is 17.1. The average molecular weight is 786 g/mol. The monoisotopic (exact) mass is 784 g/mol. The van der Waals surface area contributed by atoms with Gasteiger partial charge in [0.05, 0.1) is 6.54 Å². The van der Waals surface area contributed by atoms with Gasteiger partial charge >= 0.3 is 5.97 Å². The Morgan fingerprint density at radius 1 is 0.865 bits per heavy atom. The number of ether oxygens (including phenoxy) is 2. The second-order valence-electron chi connectivity index (χ2n) is 13.3. The van der Waals surface area contributed by atoms with Gasteiger partial charge in [-0.3, -0.25) is 19.2 Å². The van der Waals surface area contributed by atoms with Gasteiger partial charge in [0.2, 0.25) is 27.4 Å². The van der Waals surface area contributed by atoms with Crippen molar-refractivity contribution < 1.29 is 38.6 Å². The topological polar surface area (TPSA) is 155 Å². The number of amides is 4. The quantitative estimate of drug-likeness (QED) is 0.140. The second kappa shape index (κ2) is 21.2. The Bertz CT molecular complexity index is 1470. The first kappa shape index (κ1) is 44.6. The van der Waals surface area contributed by atoms with E-state index in [4.69, 9.17) is 44.3 Å². The van der Waals surface area contributed by atoms with E-state index in [1.54, 1.807) is 31.2 Å². The van der Waals surface area contributed by atoms with Crippen molar-refractivity contribution in [1.82, 2.24) is 20.4 Å². The minimum Gasteiger partial charge on any atom is -0.489 e. The Hall–Kier alpha value is -3.58. The van der Waals surface area contributed by atoms with Crippen LogP contribution in [-0.4, -0.2) is 99.8 Å². The molecule has 3 N–H and O–H groups in total. The van der Waals surface area contributed by atoms with Crippen molar-refractivity contribution in [2.45, 2.75) is 88.5 Å². The minimum atomic E-state index is -1.84. The minimum absolute atomic E-state index is 0.0480. The number of alkyl halides is 3. The maximum atomic E-state index is 14.0. The molecular formula is C37H51Cl3N4O8. The van der Waals surface area contributed by atoms with Crippen LogP contribution < -0.4 is 15.4 Å². The molecule has 0 saturated heterocycles. The number of hydrogen-bond donors (Lipinski definition) is 3. The third kappa shape index (κ3) is 15.2. The van der Waals surface area contributed by atoms with Crippen molar-refractivity contribution in [3.05, 3.63) is 65.7 Å². The molecule has 5 atom stereocenters. The Morgan fingerprint density at radius 2 is 1.48 bits per heavy atom. The Balaban J connectivity index is 2.26. The number of aliphatic hydroxyl groups excluding tert-OH is 1. The number of aliphatic hydroxyl groups is 1. The van der Waals surface area contributed by atoms with Crippen LogP contribution in [-0.2, 0) is 41.7 Å².